The van der Waals surface area contributed by atoms with Crippen LogP contribution in [0, 0.1) is 17.0 Å². The lowest BCUT2D eigenvalue weighted by atomic mass is 10.0. The summed E-state index contributed by atoms with van der Waals surface area (Å²) in [5, 5.41) is 4.92. The third-order valence-electron chi connectivity index (χ3n) is 4.44. The molecule has 0 bridgehead atoms. The van der Waals surface area contributed by atoms with E-state index in [4.69, 9.17) is 0 Å². The Morgan fingerprint density at radius 2 is 1.52 bits per heavy atom. The average molecular weight is 344 g/mol. The maximum absolute atomic E-state index is 13.7. The monoisotopic (exact) mass is 344 g/mol. The number of benzene rings is 2. The van der Waals surface area contributed by atoms with Gasteiger partial charge in [0.2, 0.25) is 11.8 Å². The van der Waals surface area contributed by atoms with E-state index < -0.39 is 34.6 Å². The van der Waals surface area contributed by atoms with E-state index >= 15 is 0 Å². The second kappa shape index (κ2) is 6.63. The summed E-state index contributed by atoms with van der Waals surface area (Å²) in [6, 6.07) is 10.6. The largest absolute Gasteiger partial charge is 0.325 e. The number of nitrogens with one attached hydrogen (secondary N) is 2. The first-order valence-electron chi connectivity index (χ1n) is 8.12. The van der Waals surface area contributed by atoms with Gasteiger partial charge in [-0.2, -0.15) is 0 Å². The molecule has 3 rings (SSSR count). The Labute approximate surface area is 144 Å². The molecule has 0 aliphatic heterocycles. The first kappa shape index (κ1) is 17.1. The van der Waals surface area contributed by atoms with Crippen molar-refractivity contribution in [2.45, 2.75) is 26.2 Å². The first-order valence-corrected chi connectivity index (χ1v) is 8.12. The van der Waals surface area contributed by atoms with Crippen molar-refractivity contribution in [1.29, 1.82) is 0 Å². The van der Waals surface area contributed by atoms with Crippen LogP contribution < -0.4 is 10.6 Å². The summed E-state index contributed by atoms with van der Waals surface area (Å²) in [5.74, 6) is -2.91. The van der Waals surface area contributed by atoms with Gasteiger partial charge in [0.1, 0.15) is 22.7 Å². The molecule has 1 saturated carbocycles. The number of aryl methyl sites for hydroxylation is 1. The van der Waals surface area contributed by atoms with Gasteiger partial charge >= 0.3 is 0 Å². The molecule has 0 saturated heterocycles. The lowest BCUT2D eigenvalue weighted by Gasteiger charge is -2.16. The first-order chi connectivity index (χ1) is 12.0. The summed E-state index contributed by atoms with van der Waals surface area (Å²) in [7, 11) is 0. The Hall–Kier alpha value is -2.76. The van der Waals surface area contributed by atoms with Gasteiger partial charge in [-0.25, -0.2) is 8.78 Å². The highest BCUT2D eigenvalue weighted by Crippen LogP contribution is 2.47. The Balaban J connectivity index is 1.72. The van der Waals surface area contributed by atoms with Crippen LogP contribution in [0.5, 0.6) is 0 Å². The van der Waals surface area contributed by atoms with Crippen LogP contribution in [0.1, 0.15) is 25.3 Å². The van der Waals surface area contributed by atoms with Crippen LogP contribution in [0.3, 0.4) is 0 Å². The molecule has 1 aliphatic rings. The van der Waals surface area contributed by atoms with Crippen LogP contribution in [0.15, 0.2) is 42.5 Å². The molecule has 1 aliphatic carbocycles. The standard InChI is InChI=1S/C19H18F2N2O2/c1-2-12-6-8-13(9-7-12)22-17(24)19(10-11-19)18(25)23-16-14(20)4-3-5-15(16)21/h3-9H,2,10-11H2,1H3,(H,22,24)(H,23,25). The summed E-state index contributed by atoms with van der Waals surface area (Å²) in [5.41, 5.74) is -0.0952. The van der Waals surface area contributed by atoms with Gasteiger partial charge in [-0.05, 0) is 49.1 Å². The maximum Gasteiger partial charge on any atom is 0.240 e. The van der Waals surface area contributed by atoms with Crippen LogP contribution in [0.25, 0.3) is 0 Å². The van der Waals surface area contributed by atoms with Gasteiger partial charge in [0, 0.05) is 5.69 Å². The van der Waals surface area contributed by atoms with Crippen molar-refractivity contribution in [3.8, 4) is 0 Å². The average Bonchev–Trinajstić information content (AvgIpc) is 3.41. The summed E-state index contributed by atoms with van der Waals surface area (Å²) >= 11 is 0. The molecule has 2 aromatic carbocycles. The highest BCUT2D eigenvalue weighted by atomic mass is 19.1. The highest BCUT2D eigenvalue weighted by molar-refractivity contribution is 6.16. The smallest absolute Gasteiger partial charge is 0.240 e. The minimum atomic E-state index is -1.28. The van der Waals surface area contributed by atoms with Gasteiger partial charge in [-0.1, -0.05) is 25.1 Å². The molecule has 130 valence electrons. The third kappa shape index (κ3) is 3.38. The van der Waals surface area contributed by atoms with Crippen molar-refractivity contribution < 1.29 is 18.4 Å². The minimum absolute atomic E-state index is 0.341. The SMILES string of the molecule is CCc1ccc(NC(=O)C2(C(=O)Nc3c(F)cccc3F)CC2)cc1. The van der Waals surface area contributed by atoms with E-state index in [0.717, 1.165) is 24.1 Å². The number of anilines is 2. The van der Waals surface area contributed by atoms with Gasteiger partial charge in [0.15, 0.2) is 0 Å². The Morgan fingerprint density at radius 1 is 0.960 bits per heavy atom. The molecule has 2 aromatic rings. The lowest BCUT2D eigenvalue weighted by Crippen LogP contribution is -2.36. The Kier molecular flexibility index (Phi) is 4.53. The molecule has 0 heterocycles. The van der Waals surface area contributed by atoms with E-state index in [1.165, 1.54) is 6.07 Å². The van der Waals surface area contributed by atoms with Crippen LogP contribution in [0.4, 0.5) is 20.2 Å². The molecular formula is C19H18F2N2O2. The molecule has 0 unspecified atom stereocenters. The Bertz CT molecular complexity index is 794. The molecule has 1 fully saturated rings. The number of halogens is 2. The van der Waals surface area contributed by atoms with Crippen LogP contribution >= 0.6 is 0 Å². The van der Waals surface area contributed by atoms with Crippen molar-refractivity contribution in [3.05, 3.63) is 59.7 Å². The van der Waals surface area contributed by atoms with Gasteiger partial charge in [-0.15, -0.1) is 0 Å². The predicted octanol–water partition coefficient (Wildman–Crippen LogP) is 3.88. The molecule has 6 heteroatoms. The quantitative estimate of drug-likeness (QED) is 0.809. The number of hydrogen-bond acceptors (Lipinski definition) is 2. The van der Waals surface area contributed by atoms with Gasteiger partial charge < -0.3 is 10.6 Å². The normalized spacial score (nSPS) is 14.7. The molecule has 0 radical (unpaired) electrons. The van der Waals surface area contributed by atoms with Crippen LogP contribution in [-0.4, -0.2) is 11.8 Å². The molecule has 25 heavy (non-hydrogen) atoms. The number of para-hydroxylation sites is 1. The van der Waals surface area contributed by atoms with Crippen molar-refractivity contribution >= 4 is 23.2 Å². The zero-order chi connectivity index (χ0) is 18.0. The van der Waals surface area contributed by atoms with E-state index in [9.17, 15) is 18.4 Å². The van der Waals surface area contributed by atoms with Crippen molar-refractivity contribution in [1.82, 2.24) is 0 Å². The van der Waals surface area contributed by atoms with E-state index in [-0.39, 0.29) is 0 Å². The van der Waals surface area contributed by atoms with Gasteiger partial charge in [-0.3, -0.25) is 9.59 Å². The van der Waals surface area contributed by atoms with Crippen molar-refractivity contribution in [2.24, 2.45) is 5.41 Å². The van der Waals surface area contributed by atoms with E-state index in [0.29, 0.717) is 18.5 Å². The van der Waals surface area contributed by atoms with E-state index in [1.807, 2.05) is 19.1 Å². The van der Waals surface area contributed by atoms with Crippen LogP contribution in [-0.2, 0) is 16.0 Å². The van der Waals surface area contributed by atoms with E-state index in [1.54, 1.807) is 12.1 Å². The Morgan fingerprint density at radius 3 is 2.04 bits per heavy atom. The molecule has 2 N–H and O–H groups in total. The molecule has 4 nitrogen and oxygen atoms in total. The fraction of sp³-hybridized carbons (Fsp3) is 0.263. The van der Waals surface area contributed by atoms with Gasteiger partial charge in [0.05, 0.1) is 0 Å². The molecular weight excluding hydrogens is 326 g/mol. The third-order valence-corrected chi connectivity index (χ3v) is 4.44. The molecule has 0 spiro atoms. The fourth-order valence-corrected chi connectivity index (χ4v) is 2.61. The summed E-state index contributed by atoms with van der Waals surface area (Å²) in [4.78, 5) is 24.9. The molecule has 0 atom stereocenters. The number of carbonyl (C=O) groups is 2. The second-order valence-electron chi connectivity index (χ2n) is 6.14. The van der Waals surface area contributed by atoms with E-state index in [2.05, 4.69) is 10.6 Å². The zero-order valence-electron chi connectivity index (χ0n) is 13.7. The fourth-order valence-electron chi connectivity index (χ4n) is 2.61. The van der Waals surface area contributed by atoms with Gasteiger partial charge in [0.25, 0.3) is 0 Å². The summed E-state index contributed by atoms with van der Waals surface area (Å²) in [6.45, 7) is 2.03. The summed E-state index contributed by atoms with van der Waals surface area (Å²) < 4.78 is 27.4. The predicted molar refractivity (Wildman–Crippen MR) is 91.1 cm³/mol. The number of rotatable bonds is 5. The second-order valence-corrected chi connectivity index (χ2v) is 6.14. The summed E-state index contributed by atoms with van der Waals surface area (Å²) in [6.07, 6.45) is 1.57. The zero-order valence-corrected chi connectivity index (χ0v) is 13.7. The minimum Gasteiger partial charge on any atom is -0.325 e. The highest BCUT2D eigenvalue weighted by Gasteiger charge is 2.56. The van der Waals surface area contributed by atoms with Crippen molar-refractivity contribution in [2.75, 3.05) is 10.6 Å². The lowest BCUT2D eigenvalue weighted by molar-refractivity contribution is -0.131. The topological polar surface area (TPSA) is 58.2 Å². The number of carbonyl (C=O) groups excluding carboxylic acids is 2. The maximum atomic E-state index is 13.7. The number of amides is 2. The molecule has 0 aromatic heterocycles. The van der Waals surface area contributed by atoms with Crippen molar-refractivity contribution in [3.63, 3.8) is 0 Å². The van der Waals surface area contributed by atoms with Crippen LogP contribution in [0.2, 0.25) is 0 Å². The molecule has 2 amide bonds. The number of hydrogen-bond donors (Lipinski definition) is 2.